The lowest BCUT2D eigenvalue weighted by Crippen LogP contribution is -2.23. The van der Waals surface area contributed by atoms with Gasteiger partial charge in [0.05, 0.1) is 0 Å². The van der Waals surface area contributed by atoms with Crippen LogP contribution in [0.5, 0.6) is 0 Å². The Labute approximate surface area is 129 Å². The van der Waals surface area contributed by atoms with Gasteiger partial charge in [0.1, 0.15) is 11.6 Å². The van der Waals surface area contributed by atoms with Crippen molar-refractivity contribution < 1.29 is 0 Å². The summed E-state index contributed by atoms with van der Waals surface area (Å²) in [6, 6.07) is 6.71. The minimum Gasteiger partial charge on any atom is -0.315 e. The largest absolute Gasteiger partial charge is 0.315 e. The molecule has 1 aromatic carbocycles. The van der Waals surface area contributed by atoms with E-state index in [4.69, 9.17) is 11.6 Å². The van der Waals surface area contributed by atoms with Gasteiger partial charge in [0.2, 0.25) is 0 Å². The minimum atomic E-state index is 0.457. The minimum absolute atomic E-state index is 0.457. The fourth-order valence-electron chi connectivity index (χ4n) is 3.55. The fraction of sp³-hybridized carbons (Fsp3) is 0.500. The molecule has 0 saturated carbocycles. The molecule has 1 atom stereocenters. The molecule has 1 N–H and O–H groups in total. The predicted molar refractivity (Wildman–Crippen MR) is 82.6 cm³/mol. The van der Waals surface area contributed by atoms with Crippen LogP contribution in [0.25, 0.3) is 0 Å². The fourth-order valence-corrected chi connectivity index (χ4v) is 3.75. The van der Waals surface area contributed by atoms with Crippen LogP contribution in [0.1, 0.15) is 41.7 Å². The zero-order valence-corrected chi connectivity index (χ0v) is 12.7. The van der Waals surface area contributed by atoms with Crippen molar-refractivity contribution >= 4 is 11.6 Å². The molecule has 2 aliphatic rings. The average Bonchev–Trinajstić information content (AvgIpc) is 3.15. The van der Waals surface area contributed by atoms with E-state index >= 15 is 0 Å². The summed E-state index contributed by atoms with van der Waals surface area (Å²) in [5.41, 5.74) is 2.80. The molecule has 0 spiro atoms. The SMILES string of the molecule is Clc1ccc2c(c1)CC[C@@H]2NCCc1nnc2n1CCC2. The highest BCUT2D eigenvalue weighted by Gasteiger charge is 2.22. The van der Waals surface area contributed by atoms with Crippen molar-refractivity contribution in [3.63, 3.8) is 0 Å². The second kappa shape index (κ2) is 5.43. The number of halogens is 1. The molecule has 0 radical (unpaired) electrons. The van der Waals surface area contributed by atoms with Crippen molar-refractivity contribution in [1.29, 1.82) is 0 Å². The Hall–Kier alpha value is -1.39. The number of aromatic nitrogens is 3. The standard InChI is InChI=1S/C16H19ClN4/c17-12-4-5-13-11(10-12)3-6-14(13)18-8-7-16-20-19-15-2-1-9-21(15)16/h4-5,10,14,18H,1-3,6-9H2/t14-/m0/s1. The van der Waals surface area contributed by atoms with Crippen molar-refractivity contribution in [2.24, 2.45) is 0 Å². The van der Waals surface area contributed by atoms with Gasteiger partial charge in [0.25, 0.3) is 0 Å². The number of fused-ring (bicyclic) bond motifs is 2. The van der Waals surface area contributed by atoms with Gasteiger partial charge in [-0.2, -0.15) is 0 Å². The van der Waals surface area contributed by atoms with Gasteiger partial charge in [0.15, 0.2) is 0 Å². The number of hydrogen-bond donors (Lipinski definition) is 1. The zero-order chi connectivity index (χ0) is 14.2. The Balaban J connectivity index is 1.38. The van der Waals surface area contributed by atoms with E-state index in [1.165, 1.54) is 17.5 Å². The average molecular weight is 303 g/mol. The first-order valence-corrected chi connectivity index (χ1v) is 8.12. The number of hydrogen-bond acceptors (Lipinski definition) is 3. The molecule has 1 aliphatic heterocycles. The molecule has 110 valence electrons. The van der Waals surface area contributed by atoms with E-state index in [9.17, 15) is 0 Å². The monoisotopic (exact) mass is 302 g/mol. The van der Waals surface area contributed by atoms with Gasteiger partial charge in [0, 0.05) is 37.0 Å². The second-order valence-electron chi connectivity index (χ2n) is 5.93. The molecule has 0 unspecified atom stereocenters. The third-order valence-corrected chi connectivity index (χ3v) is 4.84. The Morgan fingerprint density at radius 3 is 3.19 bits per heavy atom. The normalized spacial score (nSPS) is 19.8. The number of nitrogens with one attached hydrogen (secondary N) is 1. The van der Waals surface area contributed by atoms with E-state index in [0.717, 1.165) is 55.4 Å². The Morgan fingerprint density at radius 2 is 2.24 bits per heavy atom. The first-order chi connectivity index (χ1) is 10.3. The van der Waals surface area contributed by atoms with Crippen LogP contribution in [0.2, 0.25) is 5.02 Å². The highest BCUT2D eigenvalue weighted by Crippen LogP contribution is 2.32. The maximum atomic E-state index is 6.06. The van der Waals surface area contributed by atoms with Gasteiger partial charge >= 0.3 is 0 Å². The van der Waals surface area contributed by atoms with E-state index in [1.54, 1.807) is 0 Å². The molecule has 4 nitrogen and oxygen atoms in total. The molecule has 0 bridgehead atoms. The van der Waals surface area contributed by atoms with Crippen molar-refractivity contribution in [3.8, 4) is 0 Å². The third kappa shape index (κ3) is 2.47. The number of nitrogens with zero attached hydrogens (tertiary/aromatic N) is 3. The second-order valence-corrected chi connectivity index (χ2v) is 6.36. The van der Waals surface area contributed by atoms with Gasteiger partial charge in [-0.15, -0.1) is 10.2 Å². The van der Waals surface area contributed by atoms with E-state index in [-0.39, 0.29) is 0 Å². The van der Waals surface area contributed by atoms with Crippen LogP contribution in [0.3, 0.4) is 0 Å². The van der Waals surface area contributed by atoms with E-state index in [1.807, 2.05) is 6.07 Å². The molecule has 0 fully saturated rings. The number of aryl methyl sites for hydroxylation is 2. The molecular formula is C16H19ClN4. The quantitative estimate of drug-likeness (QED) is 0.944. The maximum Gasteiger partial charge on any atom is 0.134 e. The molecule has 1 aromatic heterocycles. The van der Waals surface area contributed by atoms with Crippen LogP contribution in [-0.2, 0) is 25.8 Å². The molecule has 5 heteroatoms. The summed E-state index contributed by atoms with van der Waals surface area (Å²) in [4.78, 5) is 0. The van der Waals surface area contributed by atoms with Crippen molar-refractivity contribution in [2.45, 2.75) is 44.7 Å². The van der Waals surface area contributed by atoms with Gasteiger partial charge in [-0.25, -0.2) is 0 Å². The number of rotatable bonds is 4. The summed E-state index contributed by atoms with van der Waals surface area (Å²) in [6.45, 7) is 2.04. The van der Waals surface area contributed by atoms with Crippen molar-refractivity contribution in [2.75, 3.05) is 6.54 Å². The highest BCUT2D eigenvalue weighted by molar-refractivity contribution is 6.30. The van der Waals surface area contributed by atoms with Gasteiger partial charge in [-0.3, -0.25) is 0 Å². The van der Waals surface area contributed by atoms with E-state index < -0.39 is 0 Å². The van der Waals surface area contributed by atoms with Crippen LogP contribution < -0.4 is 5.32 Å². The topological polar surface area (TPSA) is 42.7 Å². The highest BCUT2D eigenvalue weighted by atomic mass is 35.5. The maximum absolute atomic E-state index is 6.06. The summed E-state index contributed by atoms with van der Waals surface area (Å²) < 4.78 is 2.28. The van der Waals surface area contributed by atoms with E-state index in [2.05, 4.69) is 32.2 Å². The Morgan fingerprint density at radius 1 is 1.29 bits per heavy atom. The van der Waals surface area contributed by atoms with Crippen LogP contribution in [0.15, 0.2) is 18.2 Å². The predicted octanol–water partition coefficient (Wildman–Crippen LogP) is 2.70. The number of benzene rings is 1. The molecule has 0 saturated heterocycles. The summed E-state index contributed by atoms with van der Waals surface area (Å²) in [6.07, 6.45) is 5.52. The van der Waals surface area contributed by atoms with Gasteiger partial charge in [-0.1, -0.05) is 17.7 Å². The summed E-state index contributed by atoms with van der Waals surface area (Å²) in [7, 11) is 0. The summed E-state index contributed by atoms with van der Waals surface area (Å²) in [5, 5.41) is 13.1. The Bertz CT molecular complexity index is 664. The van der Waals surface area contributed by atoms with Gasteiger partial charge in [-0.05, 0) is 42.5 Å². The first kappa shape index (κ1) is 13.3. The molecule has 2 aromatic rings. The van der Waals surface area contributed by atoms with E-state index in [0.29, 0.717) is 6.04 Å². The summed E-state index contributed by atoms with van der Waals surface area (Å²) >= 11 is 6.06. The van der Waals surface area contributed by atoms with Crippen LogP contribution in [0, 0.1) is 0 Å². The lowest BCUT2D eigenvalue weighted by atomic mass is 10.1. The molecule has 21 heavy (non-hydrogen) atoms. The van der Waals surface area contributed by atoms with Crippen LogP contribution in [0.4, 0.5) is 0 Å². The van der Waals surface area contributed by atoms with Gasteiger partial charge < -0.3 is 9.88 Å². The molecular weight excluding hydrogens is 284 g/mol. The van der Waals surface area contributed by atoms with Crippen molar-refractivity contribution in [3.05, 3.63) is 46.0 Å². The zero-order valence-electron chi connectivity index (χ0n) is 12.0. The summed E-state index contributed by atoms with van der Waals surface area (Å²) in [5.74, 6) is 2.29. The molecule has 1 aliphatic carbocycles. The molecule has 2 heterocycles. The van der Waals surface area contributed by atoms with Crippen molar-refractivity contribution in [1.82, 2.24) is 20.1 Å². The van der Waals surface area contributed by atoms with Crippen LogP contribution in [-0.4, -0.2) is 21.3 Å². The lowest BCUT2D eigenvalue weighted by Gasteiger charge is -2.14. The third-order valence-electron chi connectivity index (χ3n) is 4.61. The lowest BCUT2D eigenvalue weighted by molar-refractivity contribution is 0.523. The first-order valence-electron chi connectivity index (χ1n) is 7.74. The smallest absolute Gasteiger partial charge is 0.134 e. The molecule has 4 rings (SSSR count). The Kier molecular flexibility index (Phi) is 3.43. The van der Waals surface area contributed by atoms with Crippen LogP contribution >= 0.6 is 11.6 Å². The molecule has 0 amide bonds.